The molecule has 0 atom stereocenters. The first-order valence-corrected chi connectivity index (χ1v) is 6.99. The Morgan fingerprint density at radius 1 is 1.19 bits per heavy atom. The van der Waals surface area contributed by atoms with Gasteiger partial charge in [0.1, 0.15) is 0 Å². The monoisotopic (exact) mass is 225 g/mol. The third kappa shape index (κ3) is 3.72. The van der Waals surface area contributed by atoms with Crippen molar-refractivity contribution in [2.24, 2.45) is 0 Å². The van der Waals surface area contributed by atoms with Gasteiger partial charge in [0.15, 0.2) is 0 Å². The minimum atomic E-state index is 0.892. The predicted molar refractivity (Wildman–Crippen MR) is 68.8 cm³/mol. The number of nitrogens with zero attached hydrogens (tertiary/aromatic N) is 2. The summed E-state index contributed by atoms with van der Waals surface area (Å²) in [5.41, 5.74) is 0. The molecule has 0 aromatic carbocycles. The van der Waals surface area contributed by atoms with Crippen LogP contribution in [0.4, 0.5) is 0 Å². The first-order valence-electron chi connectivity index (χ1n) is 6.99. The van der Waals surface area contributed by atoms with Crippen LogP contribution in [0.3, 0.4) is 0 Å². The summed E-state index contributed by atoms with van der Waals surface area (Å²) in [6, 6.07) is 0.892. The number of hydrogen-bond donors (Lipinski definition) is 1. The van der Waals surface area contributed by atoms with Gasteiger partial charge in [-0.05, 0) is 39.4 Å². The average molecular weight is 225 g/mol. The van der Waals surface area contributed by atoms with Gasteiger partial charge in [0.05, 0.1) is 0 Å². The number of piperazine rings is 1. The maximum absolute atomic E-state index is 3.41. The third-order valence-electron chi connectivity index (χ3n) is 4.14. The summed E-state index contributed by atoms with van der Waals surface area (Å²) in [6.45, 7) is 7.42. The molecule has 1 heterocycles. The maximum Gasteiger partial charge on any atom is 0.0107 e. The minimum absolute atomic E-state index is 0.892. The zero-order chi connectivity index (χ0) is 11.2. The van der Waals surface area contributed by atoms with E-state index in [0.717, 1.165) is 6.04 Å². The normalized spacial score (nSPS) is 24.4. The summed E-state index contributed by atoms with van der Waals surface area (Å²) in [5.74, 6) is 0. The first-order chi connectivity index (χ1) is 7.86. The van der Waals surface area contributed by atoms with Gasteiger partial charge in [-0.25, -0.2) is 0 Å². The maximum atomic E-state index is 3.41. The van der Waals surface area contributed by atoms with Crippen molar-refractivity contribution < 1.29 is 0 Å². The van der Waals surface area contributed by atoms with Crippen molar-refractivity contribution in [3.05, 3.63) is 0 Å². The zero-order valence-electron chi connectivity index (χ0n) is 10.7. The van der Waals surface area contributed by atoms with Crippen LogP contribution < -0.4 is 5.32 Å². The fraction of sp³-hybridized carbons (Fsp3) is 1.00. The molecule has 2 rings (SSSR count). The Morgan fingerprint density at radius 2 is 1.88 bits per heavy atom. The second kappa shape index (κ2) is 6.58. The molecule has 0 unspecified atom stereocenters. The highest BCUT2D eigenvalue weighted by Gasteiger charge is 2.19. The molecular formula is C13H27N3. The van der Waals surface area contributed by atoms with Gasteiger partial charge in [0, 0.05) is 32.2 Å². The topological polar surface area (TPSA) is 18.5 Å². The Morgan fingerprint density at radius 3 is 2.56 bits per heavy atom. The van der Waals surface area contributed by atoms with Crippen LogP contribution in [0.5, 0.6) is 0 Å². The van der Waals surface area contributed by atoms with E-state index < -0.39 is 0 Å². The van der Waals surface area contributed by atoms with E-state index in [1.54, 1.807) is 0 Å². The van der Waals surface area contributed by atoms with Crippen molar-refractivity contribution in [1.29, 1.82) is 0 Å². The van der Waals surface area contributed by atoms with E-state index in [9.17, 15) is 0 Å². The Balaban J connectivity index is 1.56. The predicted octanol–water partition coefficient (Wildman–Crippen LogP) is 1.16. The van der Waals surface area contributed by atoms with Gasteiger partial charge in [-0.1, -0.05) is 12.8 Å². The van der Waals surface area contributed by atoms with E-state index >= 15 is 0 Å². The lowest BCUT2D eigenvalue weighted by molar-refractivity contribution is 0.200. The summed E-state index contributed by atoms with van der Waals surface area (Å²) < 4.78 is 0. The minimum Gasteiger partial charge on any atom is -0.314 e. The highest BCUT2D eigenvalue weighted by molar-refractivity contribution is 4.75. The fourth-order valence-corrected chi connectivity index (χ4v) is 3.01. The molecule has 1 N–H and O–H groups in total. The van der Waals surface area contributed by atoms with Crippen molar-refractivity contribution in [2.45, 2.75) is 38.1 Å². The summed E-state index contributed by atoms with van der Waals surface area (Å²) in [4.78, 5) is 5.19. The van der Waals surface area contributed by atoms with Crippen molar-refractivity contribution in [1.82, 2.24) is 15.1 Å². The molecule has 0 spiro atoms. The smallest absolute Gasteiger partial charge is 0.0107 e. The van der Waals surface area contributed by atoms with Gasteiger partial charge < -0.3 is 15.1 Å². The standard InChI is InChI=1S/C13H27N3/c1-15(13-5-2-3-6-13)9-4-10-16-11-7-14-8-12-16/h13-14H,2-12H2,1H3. The van der Waals surface area contributed by atoms with Gasteiger partial charge in [-0.2, -0.15) is 0 Å². The van der Waals surface area contributed by atoms with Gasteiger partial charge >= 0.3 is 0 Å². The van der Waals surface area contributed by atoms with Crippen LogP contribution in [0.2, 0.25) is 0 Å². The Hall–Kier alpha value is -0.120. The summed E-state index contributed by atoms with van der Waals surface area (Å²) in [7, 11) is 2.31. The molecule has 2 aliphatic rings. The van der Waals surface area contributed by atoms with Crippen molar-refractivity contribution in [3.8, 4) is 0 Å². The molecule has 0 aromatic heterocycles. The van der Waals surface area contributed by atoms with Gasteiger partial charge in [-0.15, -0.1) is 0 Å². The highest BCUT2D eigenvalue weighted by Crippen LogP contribution is 2.22. The quantitative estimate of drug-likeness (QED) is 0.757. The molecular weight excluding hydrogens is 198 g/mol. The van der Waals surface area contributed by atoms with Crippen LogP contribution in [0, 0.1) is 0 Å². The lowest BCUT2D eigenvalue weighted by Gasteiger charge is -2.29. The Labute approximate surface area is 100 Å². The van der Waals surface area contributed by atoms with Crippen molar-refractivity contribution >= 4 is 0 Å². The molecule has 1 saturated carbocycles. The summed E-state index contributed by atoms with van der Waals surface area (Å²) in [5, 5.41) is 3.41. The van der Waals surface area contributed by atoms with Crippen LogP contribution in [-0.2, 0) is 0 Å². The molecule has 0 aromatic rings. The molecule has 2 fully saturated rings. The van der Waals surface area contributed by atoms with Crippen LogP contribution >= 0.6 is 0 Å². The molecule has 1 aliphatic heterocycles. The highest BCUT2D eigenvalue weighted by atomic mass is 15.2. The van der Waals surface area contributed by atoms with Crippen LogP contribution in [0.15, 0.2) is 0 Å². The summed E-state index contributed by atoms with van der Waals surface area (Å²) in [6.07, 6.45) is 7.11. The van der Waals surface area contributed by atoms with Crippen molar-refractivity contribution in [3.63, 3.8) is 0 Å². The SMILES string of the molecule is CN(CCCN1CCNCC1)C1CCCC1. The van der Waals surface area contributed by atoms with Crippen LogP contribution in [0.1, 0.15) is 32.1 Å². The molecule has 16 heavy (non-hydrogen) atoms. The second-order valence-electron chi connectivity index (χ2n) is 5.36. The largest absolute Gasteiger partial charge is 0.314 e. The Bertz CT molecular complexity index is 184. The zero-order valence-corrected chi connectivity index (χ0v) is 10.7. The Kier molecular flexibility index (Phi) is 5.07. The van der Waals surface area contributed by atoms with E-state index in [2.05, 4.69) is 22.2 Å². The van der Waals surface area contributed by atoms with Gasteiger partial charge in [0.2, 0.25) is 0 Å². The molecule has 94 valence electrons. The molecule has 0 bridgehead atoms. The van der Waals surface area contributed by atoms with Gasteiger partial charge in [0.25, 0.3) is 0 Å². The lowest BCUT2D eigenvalue weighted by atomic mass is 10.2. The van der Waals surface area contributed by atoms with E-state index in [-0.39, 0.29) is 0 Å². The second-order valence-corrected chi connectivity index (χ2v) is 5.36. The van der Waals surface area contributed by atoms with E-state index in [1.807, 2.05) is 0 Å². The fourth-order valence-electron chi connectivity index (χ4n) is 3.01. The van der Waals surface area contributed by atoms with Crippen LogP contribution in [0.25, 0.3) is 0 Å². The molecule has 1 aliphatic carbocycles. The molecule has 1 saturated heterocycles. The summed E-state index contributed by atoms with van der Waals surface area (Å²) >= 11 is 0. The number of nitrogens with one attached hydrogen (secondary N) is 1. The van der Waals surface area contributed by atoms with E-state index in [0.29, 0.717) is 0 Å². The molecule has 3 nitrogen and oxygen atoms in total. The third-order valence-corrected chi connectivity index (χ3v) is 4.14. The van der Waals surface area contributed by atoms with E-state index in [4.69, 9.17) is 0 Å². The number of hydrogen-bond acceptors (Lipinski definition) is 3. The lowest BCUT2D eigenvalue weighted by Crippen LogP contribution is -2.44. The molecule has 0 amide bonds. The number of rotatable bonds is 5. The molecule has 3 heteroatoms. The van der Waals surface area contributed by atoms with E-state index in [1.165, 1.54) is 71.4 Å². The first kappa shape index (κ1) is 12.3. The van der Waals surface area contributed by atoms with Crippen LogP contribution in [-0.4, -0.2) is 62.2 Å². The average Bonchev–Trinajstić information content (AvgIpc) is 2.84. The van der Waals surface area contributed by atoms with Crippen molar-refractivity contribution in [2.75, 3.05) is 46.3 Å². The van der Waals surface area contributed by atoms with Gasteiger partial charge in [-0.3, -0.25) is 0 Å². The molecule has 0 radical (unpaired) electrons.